The number of carbonyl (C=O) groups excluding carboxylic acids is 2. The maximum absolute atomic E-state index is 12.5. The Hall–Kier alpha value is -2.51. The Morgan fingerprint density at radius 1 is 1.30 bits per heavy atom. The van der Waals surface area contributed by atoms with Gasteiger partial charge in [-0.1, -0.05) is 30.3 Å². The molecule has 0 saturated heterocycles. The van der Waals surface area contributed by atoms with Crippen molar-refractivity contribution in [2.45, 2.75) is 25.9 Å². The fourth-order valence-corrected chi connectivity index (χ4v) is 2.09. The summed E-state index contributed by atoms with van der Waals surface area (Å²) in [6, 6.07) is 8.94. The second-order valence-corrected chi connectivity index (χ2v) is 5.03. The SMILES string of the molecule is CC1=CC(OC(=O)NCc2ccccc2)N(CC(F)(F)F)C1=O. The van der Waals surface area contributed by atoms with Gasteiger partial charge in [-0.3, -0.25) is 9.69 Å². The summed E-state index contributed by atoms with van der Waals surface area (Å²) in [4.78, 5) is 23.9. The van der Waals surface area contributed by atoms with Crippen LogP contribution in [0.5, 0.6) is 0 Å². The molecule has 5 nitrogen and oxygen atoms in total. The number of rotatable bonds is 4. The van der Waals surface area contributed by atoms with Crippen molar-refractivity contribution < 1.29 is 27.5 Å². The minimum absolute atomic E-state index is 0.107. The number of halogens is 3. The van der Waals surface area contributed by atoms with Gasteiger partial charge in [-0.2, -0.15) is 13.2 Å². The molecule has 0 spiro atoms. The number of alkyl carbamates (subject to hydrolysis) is 1. The summed E-state index contributed by atoms with van der Waals surface area (Å²) in [5.74, 6) is -0.803. The fraction of sp³-hybridized carbons (Fsp3) is 0.333. The highest BCUT2D eigenvalue weighted by atomic mass is 19.4. The summed E-state index contributed by atoms with van der Waals surface area (Å²) in [7, 11) is 0. The average molecular weight is 328 g/mol. The van der Waals surface area contributed by atoms with E-state index in [1.807, 2.05) is 6.07 Å². The Morgan fingerprint density at radius 3 is 2.57 bits per heavy atom. The van der Waals surface area contributed by atoms with Crippen LogP contribution in [0.4, 0.5) is 18.0 Å². The van der Waals surface area contributed by atoms with E-state index in [4.69, 9.17) is 4.74 Å². The number of amides is 2. The predicted octanol–water partition coefficient (Wildman–Crippen LogP) is 2.59. The topological polar surface area (TPSA) is 58.6 Å². The molecule has 0 bridgehead atoms. The molecule has 1 aliphatic heterocycles. The standard InChI is InChI=1S/C15H15F3N2O3/c1-10-7-12(20(13(10)21)9-15(16,17)18)23-14(22)19-8-11-5-3-2-4-6-11/h2-7,12H,8-9H2,1H3,(H,19,22). The minimum atomic E-state index is -4.57. The fourth-order valence-electron chi connectivity index (χ4n) is 2.09. The number of nitrogens with one attached hydrogen (secondary N) is 1. The molecule has 1 heterocycles. The molecule has 8 heteroatoms. The highest BCUT2D eigenvalue weighted by Gasteiger charge is 2.41. The van der Waals surface area contributed by atoms with Crippen LogP contribution >= 0.6 is 0 Å². The summed E-state index contributed by atoms with van der Waals surface area (Å²) in [6.45, 7) is 0.0650. The lowest BCUT2D eigenvalue weighted by molar-refractivity contribution is -0.169. The number of alkyl halides is 3. The molecule has 0 saturated carbocycles. The van der Waals surface area contributed by atoms with Crippen molar-refractivity contribution in [1.82, 2.24) is 10.2 Å². The van der Waals surface area contributed by atoms with Crippen LogP contribution in [-0.4, -0.2) is 35.8 Å². The third-order valence-corrected chi connectivity index (χ3v) is 3.16. The Kier molecular flexibility index (Phi) is 4.92. The van der Waals surface area contributed by atoms with E-state index in [1.54, 1.807) is 24.3 Å². The summed E-state index contributed by atoms with van der Waals surface area (Å²) >= 11 is 0. The highest BCUT2D eigenvalue weighted by Crippen LogP contribution is 2.25. The van der Waals surface area contributed by atoms with Gasteiger partial charge in [0.2, 0.25) is 0 Å². The third kappa shape index (κ3) is 4.73. The molecule has 1 aromatic carbocycles. The van der Waals surface area contributed by atoms with E-state index < -0.39 is 30.9 Å². The van der Waals surface area contributed by atoms with Crippen molar-refractivity contribution in [3.8, 4) is 0 Å². The van der Waals surface area contributed by atoms with Crippen LogP contribution < -0.4 is 5.32 Å². The number of benzene rings is 1. The third-order valence-electron chi connectivity index (χ3n) is 3.16. The van der Waals surface area contributed by atoms with Crippen LogP contribution in [-0.2, 0) is 16.1 Å². The van der Waals surface area contributed by atoms with Gasteiger partial charge in [0.05, 0.1) is 0 Å². The molecule has 1 atom stereocenters. The number of nitrogens with zero attached hydrogens (tertiary/aromatic N) is 1. The van der Waals surface area contributed by atoms with E-state index in [1.165, 1.54) is 13.0 Å². The zero-order valence-electron chi connectivity index (χ0n) is 12.3. The molecule has 0 aliphatic carbocycles. The van der Waals surface area contributed by atoms with Gasteiger partial charge in [0, 0.05) is 12.1 Å². The van der Waals surface area contributed by atoms with Gasteiger partial charge in [0.15, 0.2) is 6.23 Å². The van der Waals surface area contributed by atoms with Crippen molar-refractivity contribution in [2.75, 3.05) is 6.54 Å². The van der Waals surface area contributed by atoms with E-state index in [0.717, 1.165) is 5.56 Å². The Labute approximate surface area is 130 Å². The molecule has 1 aliphatic rings. The van der Waals surface area contributed by atoms with Crippen LogP contribution in [0.15, 0.2) is 42.0 Å². The first-order chi connectivity index (χ1) is 10.8. The summed E-state index contributed by atoms with van der Waals surface area (Å²) in [5, 5.41) is 2.43. The van der Waals surface area contributed by atoms with Gasteiger partial charge in [0.1, 0.15) is 6.54 Å². The lowest BCUT2D eigenvalue weighted by Crippen LogP contribution is -2.44. The predicted molar refractivity (Wildman–Crippen MR) is 75.1 cm³/mol. The van der Waals surface area contributed by atoms with Crippen LogP contribution in [0.2, 0.25) is 0 Å². The van der Waals surface area contributed by atoms with Crippen molar-refractivity contribution in [3.05, 3.63) is 47.5 Å². The van der Waals surface area contributed by atoms with E-state index in [-0.39, 0.29) is 12.1 Å². The lowest BCUT2D eigenvalue weighted by atomic mass is 10.2. The van der Waals surface area contributed by atoms with Gasteiger partial charge in [-0.05, 0) is 18.6 Å². The normalized spacial score (nSPS) is 17.9. The molecule has 0 radical (unpaired) electrons. The molecule has 1 unspecified atom stereocenters. The number of carbonyl (C=O) groups is 2. The second kappa shape index (κ2) is 6.72. The largest absolute Gasteiger partial charge is 0.422 e. The quantitative estimate of drug-likeness (QED) is 0.924. The maximum atomic E-state index is 12.5. The maximum Gasteiger partial charge on any atom is 0.409 e. The molecule has 2 rings (SSSR count). The summed E-state index contributed by atoms with van der Waals surface area (Å²) in [6.07, 6.45) is -5.64. The zero-order chi connectivity index (χ0) is 17.0. The molecule has 1 N–H and O–H groups in total. The second-order valence-electron chi connectivity index (χ2n) is 5.03. The van der Waals surface area contributed by atoms with E-state index in [0.29, 0.717) is 4.90 Å². The van der Waals surface area contributed by atoms with Crippen LogP contribution in [0.25, 0.3) is 0 Å². The van der Waals surface area contributed by atoms with E-state index in [9.17, 15) is 22.8 Å². The van der Waals surface area contributed by atoms with Crippen molar-refractivity contribution >= 4 is 12.0 Å². The molecular formula is C15H15F3N2O3. The first kappa shape index (κ1) is 16.9. The minimum Gasteiger partial charge on any atom is -0.422 e. The first-order valence-corrected chi connectivity index (χ1v) is 6.81. The molecule has 0 aromatic heterocycles. The van der Waals surface area contributed by atoms with Crippen molar-refractivity contribution in [2.24, 2.45) is 0 Å². The number of hydrogen-bond acceptors (Lipinski definition) is 3. The highest BCUT2D eigenvalue weighted by molar-refractivity contribution is 5.95. The van der Waals surface area contributed by atoms with Gasteiger partial charge < -0.3 is 10.1 Å². The van der Waals surface area contributed by atoms with Crippen LogP contribution in [0.3, 0.4) is 0 Å². The van der Waals surface area contributed by atoms with Gasteiger partial charge >= 0.3 is 12.3 Å². The smallest absolute Gasteiger partial charge is 0.409 e. The molecule has 0 fully saturated rings. The Balaban J connectivity index is 1.94. The summed E-state index contributed by atoms with van der Waals surface area (Å²) in [5.41, 5.74) is 0.918. The average Bonchev–Trinajstić information content (AvgIpc) is 2.72. The number of ether oxygens (including phenoxy) is 1. The van der Waals surface area contributed by atoms with Crippen molar-refractivity contribution in [1.29, 1.82) is 0 Å². The van der Waals surface area contributed by atoms with Crippen LogP contribution in [0.1, 0.15) is 12.5 Å². The molecular weight excluding hydrogens is 313 g/mol. The molecule has 1 aromatic rings. The lowest BCUT2D eigenvalue weighted by Gasteiger charge is -2.25. The Bertz CT molecular complexity index is 614. The summed E-state index contributed by atoms with van der Waals surface area (Å²) < 4.78 is 42.5. The van der Waals surface area contributed by atoms with Gasteiger partial charge in [-0.15, -0.1) is 0 Å². The van der Waals surface area contributed by atoms with Gasteiger partial charge in [0.25, 0.3) is 5.91 Å². The molecule has 23 heavy (non-hydrogen) atoms. The van der Waals surface area contributed by atoms with Crippen molar-refractivity contribution in [3.63, 3.8) is 0 Å². The number of hydrogen-bond donors (Lipinski definition) is 1. The zero-order valence-corrected chi connectivity index (χ0v) is 12.3. The Morgan fingerprint density at radius 2 is 1.96 bits per heavy atom. The monoisotopic (exact) mass is 328 g/mol. The molecule has 124 valence electrons. The van der Waals surface area contributed by atoms with E-state index >= 15 is 0 Å². The first-order valence-electron chi connectivity index (χ1n) is 6.81. The van der Waals surface area contributed by atoms with Crippen LogP contribution in [0, 0.1) is 0 Å². The van der Waals surface area contributed by atoms with E-state index in [2.05, 4.69) is 5.32 Å². The van der Waals surface area contributed by atoms with Gasteiger partial charge in [-0.25, -0.2) is 4.79 Å². The molecule has 2 amide bonds.